The van der Waals surface area contributed by atoms with Crippen LogP contribution in [0.1, 0.15) is 96.2 Å². The maximum atomic E-state index is 14.3. The first kappa shape index (κ1) is 38.6. The molecule has 3 rings (SSSR count). The number of amides is 4. The van der Waals surface area contributed by atoms with E-state index in [1.54, 1.807) is 38.1 Å². The van der Waals surface area contributed by atoms with E-state index in [0.717, 1.165) is 24.0 Å². The average Bonchev–Trinajstić information content (AvgIpc) is 3.54. The summed E-state index contributed by atoms with van der Waals surface area (Å²) in [7, 11) is 0. The van der Waals surface area contributed by atoms with Gasteiger partial charge < -0.3 is 32.7 Å². The van der Waals surface area contributed by atoms with E-state index in [9.17, 15) is 19.2 Å². The van der Waals surface area contributed by atoms with E-state index in [-0.39, 0.29) is 36.7 Å². The first-order valence-electron chi connectivity index (χ1n) is 16.6. The second-order valence-electron chi connectivity index (χ2n) is 12.7. The SMILES string of the molecule is CCC(CC)(NC(=O)C(C)C)C(=O)N[C@@H](CCCN=C(N)N)C(=O)NC1(C(=O)NC(c2ccc(Cl)cc2)c2ccc(Cl)cc2)CCCC1. The molecule has 4 amide bonds. The number of nitrogens with zero attached hydrogens (tertiary/aromatic N) is 1. The van der Waals surface area contributed by atoms with Crippen LogP contribution in [0.15, 0.2) is 53.5 Å². The highest BCUT2D eigenvalue weighted by Gasteiger charge is 2.45. The Morgan fingerprint density at radius 1 is 0.854 bits per heavy atom. The molecule has 0 saturated heterocycles. The normalized spacial score (nSPS) is 14.7. The summed E-state index contributed by atoms with van der Waals surface area (Å²) >= 11 is 12.3. The molecule has 0 aromatic heterocycles. The molecule has 0 spiro atoms. The molecule has 1 aliphatic rings. The maximum absolute atomic E-state index is 14.3. The van der Waals surface area contributed by atoms with Gasteiger partial charge in [-0.1, -0.05) is 88.0 Å². The molecule has 13 heteroatoms. The third-order valence-electron chi connectivity index (χ3n) is 9.03. The second kappa shape index (κ2) is 17.5. The quantitative estimate of drug-likeness (QED) is 0.0852. The van der Waals surface area contributed by atoms with E-state index in [1.165, 1.54) is 0 Å². The largest absolute Gasteiger partial charge is 0.370 e. The van der Waals surface area contributed by atoms with Gasteiger partial charge in [-0.2, -0.15) is 0 Å². The monoisotopic (exact) mass is 701 g/mol. The number of carbonyl (C=O) groups is 4. The topological polar surface area (TPSA) is 181 Å². The fourth-order valence-electron chi connectivity index (χ4n) is 5.90. The summed E-state index contributed by atoms with van der Waals surface area (Å²) in [6.45, 7) is 7.37. The van der Waals surface area contributed by atoms with Crippen LogP contribution in [0.25, 0.3) is 0 Å². The molecular formula is C35H49Cl2N7O4. The molecule has 0 radical (unpaired) electrons. The summed E-state index contributed by atoms with van der Waals surface area (Å²) in [6, 6.07) is 12.8. The van der Waals surface area contributed by atoms with Crippen molar-refractivity contribution in [2.45, 2.75) is 102 Å². The summed E-state index contributed by atoms with van der Waals surface area (Å²) in [4.78, 5) is 58.9. The number of hydrogen-bond acceptors (Lipinski definition) is 5. The summed E-state index contributed by atoms with van der Waals surface area (Å²) < 4.78 is 0. The Hall–Kier alpha value is -3.83. The molecule has 0 heterocycles. The first-order valence-corrected chi connectivity index (χ1v) is 17.3. The molecule has 2 aromatic rings. The highest BCUT2D eigenvalue weighted by Crippen LogP contribution is 2.33. The van der Waals surface area contributed by atoms with Gasteiger partial charge in [0.15, 0.2) is 5.96 Å². The van der Waals surface area contributed by atoms with E-state index in [1.807, 2.05) is 38.1 Å². The molecule has 0 bridgehead atoms. The lowest BCUT2D eigenvalue weighted by Gasteiger charge is -2.36. The van der Waals surface area contributed by atoms with Crippen molar-refractivity contribution >= 4 is 52.8 Å². The summed E-state index contributed by atoms with van der Waals surface area (Å²) in [5.74, 6) is -1.99. The molecule has 262 valence electrons. The van der Waals surface area contributed by atoms with Crippen molar-refractivity contribution in [2.24, 2.45) is 22.4 Å². The third-order valence-corrected chi connectivity index (χ3v) is 9.54. The highest BCUT2D eigenvalue weighted by molar-refractivity contribution is 6.30. The van der Waals surface area contributed by atoms with Crippen molar-refractivity contribution in [2.75, 3.05) is 6.54 Å². The number of guanidine groups is 1. The first-order chi connectivity index (χ1) is 22.8. The highest BCUT2D eigenvalue weighted by atomic mass is 35.5. The minimum absolute atomic E-state index is 0.0788. The van der Waals surface area contributed by atoms with E-state index in [2.05, 4.69) is 26.3 Å². The molecule has 2 aromatic carbocycles. The van der Waals surface area contributed by atoms with Crippen molar-refractivity contribution < 1.29 is 19.2 Å². The van der Waals surface area contributed by atoms with Crippen molar-refractivity contribution in [3.05, 3.63) is 69.7 Å². The van der Waals surface area contributed by atoms with Crippen LogP contribution in [0.4, 0.5) is 0 Å². The molecule has 48 heavy (non-hydrogen) atoms. The van der Waals surface area contributed by atoms with Crippen molar-refractivity contribution in [1.29, 1.82) is 0 Å². The molecule has 0 unspecified atom stereocenters. The van der Waals surface area contributed by atoms with Gasteiger partial charge >= 0.3 is 0 Å². The van der Waals surface area contributed by atoms with E-state index in [4.69, 9.17) is 34.7 Å². The predicted octanol–water partition coefficient (Wildman–Crippen LogP) is 4.50. The van der Waals surface area contributed by atoms with Gasteiger partial charge in [-0.25, -0.2) is 0 Å². The Morgan fingerprint density at radius 3 is 1.83 bits per heavy atom. The van der Waals surface area contributed by atoms with Crippen molar-refractivity contribution in [1.82, 2.24) is 21.3 Å². The van der Waals surface area contributed by atoms with Crippen molar-refractivity contribution in [3.63, 3.8) is 0 Å². The minimum Gasteiger partial charge on any atom is -0.370 e. The second-order valence-corrected chi connectivity index (χ2v) is 13.6. The standard InChI is InChI=1S/C35H49Cl2N7O4/c1-5-34(6-2,43-29(45)22(3)4)31(47)41-27(10-9-21-40-33(38)39)30(46)44-35(19-7-8-20-35)32(48)42-28(23-11-15-25(36)16-12-23)24-13-17-26(37)18-14-24/h11-18,22,27-28H,5-10,19-21H2,1-4H3,(H,41,47)(H,42,48)(H,43,45)(H,44,46)(H4,38,39,40)/t27-/m0/s1. The van der Waals surface area contributed by atoms with Crippen LogP contribution < -0.4 is 32.7 Å². The molecular weight excluding hydrogens is 653 g/mol. The van der Waals surface area contributed by atoms with E-state index in [0.29, 0.717) is 42.1 Å². The Morgan fingerprint density at radius 2 is 1.38 bits per heavy atom. The number of carbonyl (C=O) groups excluding carboxylic acids is 4. The van der Waals surface area contributed by atoms with Crippen LogP contribution >= 0.6 is 23.2 Å². The average molecular weight is 703 g/mol. The molecule has 8 N–H and O–H groups in total. The number of rotatable bonds is 16. The van der Waals surface area contributed by atoms with Gasteiger partial charge in [-0.05, 0) is 73.9 Å². The number of nitrogens with one attached hydrogen (secondary N) is 4. The number of nitrogens with two attached hydrogens (primary N) is 2. The van der Waals surface area contributed by atoms with Gasteiger partial charge in [0.1, 0.15) is 17.1 Å². The van der Waals surface area contributed by atoms with E-state index >= 15 is 0 Å². The Bertz CT molecular complexity index is 1390. The van der Waals surface area contributed by atoms with Crippen LogP contribution in [-0.4, -0.2) is 53.3 Å². The molecule has 1 aliphatic carbocycles. The molecule has 11 nitrogen and oxygen atoms in total. The zero-order valence-electron chi connectivity index (χ0n) is 28.2. The molecule has 1 fully saturated rings. The molecule has 1 saturated carbocycles. The van der Waals surface area contributed by atoms with Crippen LogP contribution in [0.2, 0.25) is 10.0 Å². The summed E-state index contributed by atoms with van der Waals surface area (Å²) in [5.41, 5.74) is 10.2. The number of aliphatic imine (C=N–C) groups is 1. The van der Waals surface area contributed by atoms with Crippen LogP contribution in [0, 0.1) is 5.92 Å². The predicted molar refractivity (Wildman–Crippen MR) is 190 cm³/mol. The number of halogens is 2. The smallest absolute Gasteiger partial charge is 0.246 e. The maximum Gasteiger partial charge on any atom is 0.246 e. The Kier molecular flexibility index (Phi) is 14.1. The Labute approximate surface area is 293 Å². The van der Waals surface area contributed by atoms with Gasteiger partial charge in [0, 0.05) is 22.5 Å². The zero-order valence-corrected chi connectivity index (χ0v) is 29.7. The fourth-order valence-corrected chi connectivity index (χ4v) is 6.15. The molecule has 1 atom stereocenters. The third kappa shape index (κ3) is 10.1. The van der Waals surface area contributed by atoms with Crippen LogP contribution in [0.3, 0.4) is 0 Å². The Balaban J connectivity index is 1.91. The van der Waals surface area contributed by atoms with E-state index < -0.39 is 35.0 Å². The van der Waals surface area contributed by atoms with Gasteiger partial charge in [0.2, 0.25) is 23.6 Å². The zero-order chi connectivity index (χ0) is 35.5. The summed E-state index contributed by atoms with van der Waals surface area (Å²) in [6.07, 6.45) is 3.53. The van der Waals surface area contributed by atoms with Gasteiger partial charge in [-0.15, -0.1) is 0 Å². The van der Waals surface area contributed by atoms with Gasteiger partial charge in [0.05, 0.1) is 6.04 Å². The van der Waals surface area contributed by atoms with Crippen LogP contribution in [0.5, 0.6) is 0 Å². The van der Waals surface area contributed by atoms with Crippen LogP contribution in [-0.2, 0) is 19.2 Å². The van der Waals surface area contributed by atoms with Gasteiger partial charge in [-0.3, -0.25) is 24.2 Å². The van der Waals surface area contributed by atoms with Crippen molar-refractivity contribution in [3.8, 4) is 0 Å². The number of benzene rings is 2. The minimum atomic E-state index is -1.22. The molecule has 0 aliphatic heterocycles. The fraction of sp³-hybridized carbons (Fsp3) is 0.514. The summed E-state index contributed by atoms with van der Waals surface area (Å²) in [5, 5.41) is 13.1. The number of hydrogen-bond donors (Lipinski definition) is 6. The lowest BCUT2D eigenvalue weighted by Crippen LogP contribution is -2.64. The lowest BCUT2D eigenvalue weighted by atomic mass is 9.89. The van der Waals surface area contributed by atoms with Gasteiger partial charge in [0.25, 0.3) is 0 Å². The lowest BCUT2D eigenvalue weighted by molar-refractivity contribution is -0.139.